The van der Waals surface area contributed by atoms with Gasteiger partial charge in [0, 0.05) is 92.7 Å². The number of nitrogens with one attached hydrogen (secondary N) is 2. The van der Waals surface area contributed by atoms with Crippen molar-refractivity contribution < 1.29 is 45.6 Å². The summed E-state index contributed by atoms with van der Waals surface area (Å²) < 4.78 is 80.5. The van der Waals surface area contributed by atoms with E-state index in [2.05, 4.69) is 38.9 Å². The number of amides is 1. The summed E-state index contributed by atoms with van der Waals surface area (Å²) in [6, 6.07) is 15.5. The molecule has 0 spiro atoms. The van der Waals surface area contributed by atoms with Gasteiger partial charge < -0.3 is 29.6 Å². The molecule has 2 aromatic heterocycles. The first kappa shape index (κ1) is 51.3. The summed E-state index contributed by atoms with van der Waals surface area (Å²) in [5.41, 5.74) is 2.86. The second-order valence-electron chi connectivity index (χ2n) is 19.5. The van der Waals surface area contributed by atoms with Gasteiger partial charge in [-0.2, -0.15) is 13.2 Å². The lowest BCUT2D eigenvalue weighted by atomic mass is 9.72. The van der Waals surface area contributed by atoms with Crippen LogP contribution >= 0.6 is 11.6 Å². The molecule has 20 heteroatoms. The third-order valence-electron chi connectivity index (χ3n) is 13.4. The van der Waals surface area contributed by atoms with Crippen molar-refractivity contribution in [3.8, 4) is 11.5 Å². The Bertz CT molecular complexity index is 2970. The van der Waals surface area contributed by atoms with Gasteiger partial charge in [0.25, 0.3) is 5.69 Å². The van der Waals surface area contributed by atoms with Crippen LogP contribution in [0.15, 0.2) is 89.6 Å². The highest BCUT2D eigenvalue weighted by Crippen LogP contribution is 2.46. The zero-order chi connectivity index (χ0) is 50.8. The number of morpholine rings is 1. The molecule has 1 aliphatic carbocycles. The number of H-pyrrole nitrogens is 1. The molecule has 1 amide bonds. The molecule has 3 aliphatic rings. The molecule has 3 aromatic carbocycles. The van der Waals surface area contributed by atoms with E-state index >= 15 is 0 Å². The van der Waals surface area contributed by atoms with Gasteiger partial charge in [-0.15, -0.1) is 0 Å². The van der Waals surface area contributed by atoms with Crippen LogP contribution in [0, 0.1) is 21.4 Å². The Balaban J connectivity index is 0.975. The lowest BCUT2D eigenvalue weighted by Crippen LogP contribution is -2.47. The number of nitro benzene ring substituents is 1. The minimum absolute atomic E-state index is 0.0156. The molecule has 2 saturated heterocycles. The zero-order valence-electron chi connectivity index (χ0n) is 40.0. The lowest BCUT2D eigenvalue weighted by molar-refractivity contribution is -0.384. The number of aromatic nitrogens is 2. The normalized spacial score (nSPS) is 18.0. The zero-order valence-corrected chi connectivity index (χ0v) is 41.6. The van der Waals surface area contributed by atoms with E-state index < -0.39 is 48.6 Å². The summed E-state index contributed by atoms with van der Waals surface area (Å²) in [4.78, 5) is 51.4. The maximum Gasteiger partial charge on any atom is 0.416 e. The Labute approximate surface area is 415 Å². The fraction of sp³-hybridized carbons (Fsp3) is 0.431. The Morgan fingerprint density at radius 1 is 1.04 bits per heavy atom. The largest absolute Gasteiger partial charge is 0.455 e. The SMILES string of the molecule is CC(C)C(=O)N1CCO[C@H](CCNc2ccc(S(=O)(=O)CC(=O)c3ccc(N4CCN(CC5=C(c6ccc(C(F)(F)F)cc6Cl)CC(C)(C)CC5)CC4)cc3Oc3cnc4[nH]ccc4c3)cc2[N+](=O)[O-])C1. The Kier molecular flexibility index (Phi) is 15.2. The van der Waals surface area contributed by atoms with Crippen LogP contribution in [0.25, 0.3) is 16.6 Å². The molecule has 378 valence electrons. The first-order chi connectivity index (χ1) is 33.6. The van der Waals surface area contributed by atoms with E-state index in [4.69, 9.17) is 21.1 Å². The summed E-state index contributed by atoms with van der Waals surface area (Å²) in [6.45, 7) is 12.6. The fourth-order valence-electron chi connectivity index (χ4n) is 9.45. The number of pyridine rings is 1. The number of Topliss-reactive ketones (excluding diaryl/α,β-unsaturated/α-hetero) is 1. The van der Waals surface area contributed by atoms with Gasteiger partial charge in [-0.05, 0) is 90.8 Å². The van der Waals surface area contributed by atoms with Gasteiger partial charge in [0.2, 0.25) is 5.91 Å². The number of anilines is 2. The summed E-state index contributed by atoms with van der Waals surface area (Å²) in [7, 11) is -4.42. The number of hydrogen-bond acceptors (Lipinski definition) is 12. The number of ether oxygens (including phenoxy) is 2. The summed E-state index contributed by atoms with van der Waals surface area (Å²) in [6.07, 6.45) is 1.26. The fourth-order valence-corrected chi connectivity index (χ4v) is 11.0. The monoisotopic (exact) mass is 1020 g/mol. The average molecular weight is 1020 g/mol. The second-order valence-corrected chi connectivity index (χ2v) is 21.9. The highest BCUT2D eigenvalue weighted by atomic mass is 35.5. The quantitative estimate of drug-likeness (QED) is 0.0543. The predicted molar refractivity (Wildman–Crippen MR) is 266 cm³/mol. The van der Waals surface area contributed by atoms with Gasteiger partial charge in [-0.25, -0.2) is 13.4 Å². The topological polar surface area (TPSA) is 180 Å². The molecule has 15 nitrogen and oxygen atoms in total. The summed E-state index contributed by atoms with van der Waals surface area (Å²) >= 11 is 6.54. The highest BCUT2D eigenvalue weighted by molar-refractivity contribution is 7.92. The highest BCUT2D eigenvalue weighted by Gasteiger charge is 2.34. The number of sulfone groups is 1. The molecule has 0 saturated carbocycles. The van der Waals surface area contributed by atoms with Gasteiger partial charge in [-0.3, -0.25) is 24.6 Å². The van der Waals surface area contributed by atoms with Crippen LogP contribution in [0.3, 0.4) is 0 Å². The van der Waals surface area contributed by atoms with E-state index in [1.807, 2.05) is 19.9 Å². The Morgan fingerprint density at radius 3 is 2.54 bits per heavy atom. The van der Waals surface area contributed by atoms with Crippen LogP contribution in [0.2, 0.25) is 5.02 Å². The van der Waals surface area contributed by atoms with E-state index in [9.17, 15) is 41.3 Å². The number of ketones is 1. The number of alkyl halides is 3. The van der Waals surface area contributed by atoms with E-state index in [1.54, 1.807) is 29.3 Å². The molecule has 8 rings (SSSR count). The molecule has 2 fully saturated rings. The molecule has 2 aliphatic heterocycles. The van der Waals surface area contributed by atoms with Crippen molar-refractivity contribution in [2.45, 2.75) is 70.6 Å². The van der Waals surface area contributed by atoms with Gasteiger partial charge in [0.1, 0.15) is 28.6 Å². The molecule has 0 radical (unpaired) electrons. The smallest absolute Gasteiger partial charge is 0.416 e. The van der Waals surface area contributed by atoms with E-state index in [0.29, 0.717) is 82.2 Å². The third kappa shape index (κ3) is 12.2. The number of fused-ring (bicyclic) bond motifs is 1. The Hall–Kier alpha value is -6.02. The van der Waals surface area contributed by atoms with Gasteiger partial charge in [0.05, 0.1) is 39.9 Å². The number of halogens is 4. The standard InChI is InChI=1S/C51H57ClF3N7O8S/c1-32(2)49(64)61-21-22-69-37(30-61)13-16-56-44-10-7-39(26-45(44)62(65)66)71(67,68)31-46(63)41-9-6-36(25-47(41)70-38-23-33-12-15-57-48(33)58-28-38)60-19-17-59(18-20-60)29-34-11-14-50(3,4)27-42(34)40-8-5-35(24-43(40)52)51(53,54)55/h5-10,12,15,23-26,28,32,37,56H,11,13-14,16-22,27,29-31H2,1-4H3,(H,57,58)/t37-/m1/s1. The van der Waals surface area contributed by atoms with Crippen LogP contribution < -0.4 is 15.0 Å². The molecular weight excluding hydrogens is 963 g/mol. The molecular formula is C51H57ClF3N7O8S. The molecule has 1 atom stereocenters. The molecule has 2 N–H and O–H groups in total. The number of carbonyl (C=O) groups excluding carboxylic acids is 2. The first-order valence-electron chi connectivity index (χ1n) is 23.6. The Morgan fingerprint density at radius 2 is 1.82 bits per heavy atom. The van der Waals surface area contributed by atoms with Crippen LogP contribution in [0.5, 0.6) is 11.5 Å². The van der Waals surface area contributed by atoms with Crippen molar-refractivity contribution >= 4 is 66.8 Å². The number of hydrogen-bond donors (Lipinski definition) is 2. The maximum atomic E-state index is 14.1. The molecule has 0 bridgehead atoms. The number of benzene rings is 3. The average Bonchev–Trinajstić information content (AvgIpc) is 3.80. The van der Waals surface area contributed by atoms with Crippen molar-refractivity contribution in [1.29, 1.82) is 0 Å². The number of nitrogens with zero attached hydrogens (tertiary/aromatic N) is 5. The summed E-state index contributed by atoms with van der Waals surface area (Å²) in [5.74, 6) is -1.52. The second kappa shape index (κ2) is 21.0. The molecule has 4 heterocycles. The van der Waals surface area contributed by atoms with Crippen LogP contribution in [-0.2, 0) is 25.5 Å². The molecule has 71 heavy (non-hydrogen) atoms. The number of aromatic amines is 1. The van der Waals surface area contributed by atoms with Gasteiger partial charge in [0.15, 0.2) is 15.6 Å². The third-order valence-corrected chi connectivity index (χ3v) is 15.3. The van der Waals surface area contributed by atoms with Crippen LogP contribution in [0.1, 0.15) is 74.9 Å². The lowest BCUT2D eigenvalue weighted by Gasteiger charge is -2.39. The molecule has 0 unspecified atom stereocenters. The number of allylic oxidation sites excluding steroid dienone is 1. The van der Waals surface area contributed by atoms with E-state index in [1.165, 1.54) is 30.5 Å². The summed E-state index contributed by atoms with van der Waals surface area (Å²) in [5, 5.41) is 16.1. The van der Waals surface area contributed by atoms with Crippen molar-refractivity contribution in [3.05, 3.63) is 117 Å². The minimum Gasteiger partial charge on any atom is -0.455 e. The predicted octanol–water partition coefficient (Wildman–Crippen LogP) is 10.1. The number of nitro groups is 1. The number of carbonyl (C=O) groups is 2. The van der Waals surface area contributed by atoms with Crippen LogP contribution in [-0.4, -0.2) is 116 Å². The maximum absolute atomic E-state index is 14.1. The minimum atomic E-state index is -4.50. The number of piperazine rings is 1. The van der Waals surface area contributed by atoms with Crippen molar-refractivity contribution in [3.63, 3.8) is 0 Å². The van der Waals surface area contributed by atoms with E-state index in [0.717, 1.165) is 53.3 Å². The van der Waals surface area contributed by atoms with Crippen molar-refractivity contribution in [2.75, 3.05) is 74.9 Å². The number of rotatable bonds is 16. The van der Waals surface area contributed by atoms with Crippen LogP contribution in [0.4, 0.5) is 30.2 Å². The van der Waals surface area contributed by atoms with Gasteiger partial charge >= 0.3 is 6.18 Å². The van der Waals surface area contributed by atoms with Gasteiger partial charge in [-0.1, -0.05) is 50.9 Å². The van der Waals surface area contributed by atoms with Crippen molar-refractivity contribution in [1.82, 2.24) is 19.8 Å². The molecule has 5 aromatic rings. The van der Waals surface area contributed by atoms with E-state index in [-0.39, 0.29) is 51.9 Å². The van der Waals surface area contributed by atoms with Crippen molar-refractivity contribution in [2.24, 2.45) is 11.3 Å². The first-order valence-corrected chi connectivity index (χ1v) is 25.7.